The van der Waals surface area contributed by atoms with Gasteiger partial charge in [0.1, 0.15) is 34.9 Å². The molecule has 34 heavy (non-hydrogen) atoms. The van der Waals surface area contributed by atoms with Crippen molar-refractivity contribution in [2.24, 2.45) is 0 Å². The smallest absolute Gasteiger partial charge is 0.237 e. The second kappa shape index (κ2) is 7.36. The van der Waals surface area contributed by atoms with Gasteiger partial charge < -0.3 is 30.9 Å². The van der Waals surface area contributed by atoms with E-state index < -0.39 is 6.10 Å². The highest BCUT2D eigenvalue weighted by molar-refractivity contribution is 6.15. The maximum atomic E-state index is 13.2. The first-order valence-corrected chi connectivity index (χ1v) is 10.9. The Labute approximate surface area is 194 Å². The zero-order valence-electron chi connectivity index (χ0n) is 18.1. The summed E-state index contributed by atoms with van der Waals surface area (Å²) >= 11 is 0. The zero-order chi connectivity index (χ0) is 23.6. The van der Waals surface area contributed by atoms with Crippen LogP contribution in [0.5, 0.6) is 11.5 Å². The maximum absolute atomic E-state index is 13.2. The van der Waals surface area contributed by atoms with E-state index in [4.69, 9.17) is 20.9 Å². The lowest BCUT2D eigenvalue weighted by molar-refractivity contribution is -0.116. The van der Waals surface area contributed by atoms with E-state index in [-0.39, 0.29) is 36.3 Å². The lowest BCUT2D eigenvalue weighted by atomic mass is 9.99. The molecule has 1 saturated heterocycles. The molecule has 3 aliphatic heterocycles. The molecule has 0 aliphatic carbocycles. The van der Waals surface area contributed by atoms with E-state index in [0.717, 1.165) is 6.42 Å². The van der Waals surface area contributed by atoms with Crippen LogP contribution >= 0.6 is 0 Å². The molecule has 3 aromatic rings. The van der Waals surface area contributed by atoms with E-state index in [1.807, 2.05) is 4.90 Å². The van der Waals surface area contributed by atoms with Gasteiger partial charge in [0.05, 0.1) is 23.6 Å². The number of carbonyl (C=O) groups excluding carboxylic acids is 1. The highest BCUT2D eigenvalue weighted by atomic mass is 16.7. The highest BCUT2D eigenvalue weighted by Crippen LogP contribution is 2.45. The third kappa shape index (κ3) is 2.89. The van der Waals surface area contributed by atoms with E-state index in [2.05, 4.69) is 16.0 Å². The number of aliphatic hydroxyl groups excluding tert-OH is 1. The van der Waals surface area contributed by atoms with Crippen LogP contribution in [-0.2, 0) is 11.2 Å². The van der Waals surface area contributed by atoms with Gasteiger partial charge in [0.15, 0.2) is 11.5 Å². The second-order valence-corrected chi connectivity index (χ2v) is 8.54. The average molecular weight is 459 g/mol. The first-order chi connectivity index (χ1) is 16.5. The van der Waals surface area contributed by atoms with Gasteiger partial charge in [-0.15, -0.1) is 0 Å². The minimum atomic E-state index is -0.518. The Morgan fingerprint density at radius 2 is 1.88 bits per heavy atom. The number of fused-ring (bicyclic) bond motifs is 4. The lowest BCUT2D eigenvalue weighted by Crippen LogP contribution is -2.39. The number of hydrogen-bond donors (Lipinski definition) is 3. The number of anilines is 5. The predicted molar refractivity (Wildman–Crippen MR) is 124 cm³/mol. The number of aliphatic hydroxyl groups is 1. The van der Waals surface area contributed by atoms with Crippen molar-refractivity contribution in [1.82, 2.24) is 9.97 Å². The molecule has 5 heterocycles. The van der Waals surface area contributed by atoms with Crippen LogP contribution < -0.4 is 30.7 Å². The number of amides is 1. The van der Waals surface area contributed by atoms with Crippen molar-refractivity contribution in [1.29, 1.82) is 5.26 Å². The molecule has 0 unspecified atom stereocenters. The minimum Gasteiger partial charge on any atom is -0.454 e. The fourth-order valence-corrected chi connectivity index (χ4v) is 4.97. The van der Waals surface area contributed by atoms with Gasteiger partial charge in [-0.2, -0.15) is 5.26 Å². The van der Waals surface area contributed by atoms with Crippen LogP contribution in [0.4, 0.5) is 29.0 Å². The average Bonchev–Trinajstić information content (AvgIpc) is 3.41. The SMILES string of the molecule is N#Cc1c(N2CCC[C@H](O)C2)nc(N)c2c(N)nc3c(c12)CC(=O)N3c1ccc2c(c1)OCO2. The van der Waals surface area contributed by atoms with Gasteiger partial charge in [0.2, 0.25) is 12.7 Å². The van der Waals surface area contributed by atoms with Crippen LogP contribution in [0.1, 0.15) is 24.0 Å². The van der Waals surface area contributed by atoms with Crippen molar-refractivity contribution in [2.75, 3.05) is 41.1 Å². The van der Waals surface area contributed by atoms with Crippen LogP contribution in [0.3, 0.4) is 0 Å². The molecule has 0 radical (unpaired) electrons. The number of nitriles is 1. The van der Waals surface area contributed by atoms with Crippen molar-refractivity contribution in [3.05, 3.63) is 29.3 Å². The molecule has 3 aliphatic rings. The van der Waals surface area contributed by atoms with Crippen LogP contribution in [-0.4, -0.2) is 47.0 Å². The molecule has 1 fully saturated rings. The summed E-state index contributed by atoms with van der Waals surface area (Å²) in [6.07, 6.45) is 0.953. The number of rotatable bonds is 2. The molecule has 11 nitrogen and oxygen atoms in total. The van der Waals surface area contributed by atoms with E-state index >= 15 is 0 Å². The lowest BCUT2D eigenvalue weighted by Gasteiger charge is -2.32. The largest absolute Gasteiger partial charge is 0.454 e. The Morgan fingerprint density at radius 1 is 1.12 bits per heavy atom. The number of β-amino-alcohol motifs (C(OH)–C–C–N with tert-alkyl or cyclic N) is 1. The second-order valence-electron chi connectivity index (χ2n) is 8.54. The number of hydrogen-bond acceptors (Lipinski definition) is 10. The van der Waals surface area contributed by atoms with Gasteiger partial charge in [-0.25, -0.2) is 9.97 Å². The summed E-state index contributed by atoms with van der Waals surface area (Å²) in [6, 6.07) is 7.44. The number of nitrogen functional groups attached to an aromatic ring is 2. The number of carbonyl (C=O) groups is 1. The van der Waals surface area contributed by atoms with Crippen LogP contribution in [0.25, 0.3) is 10.8 Å². The zero-order valence-corrected chi connectivity index (χ0v) is 18.1. The summed E-state index contributed by atoms with van der Waals surface area (Å²) in [5.74, 6) is 1.85. The quantitative estimate of drug-likeness (QED) is 0.512. The third-order valence-corrected chi connectivity index (χ3v) is 6.47. The van der Waals surface area contributed by atoms with E-state index in [1.165, 1.54) is 4.90 Å². The van der Waals surface area contributed by atoms with E-state index in [0.29, 0.717) is 64.7 Å². The molecule has 1 aromatic carbocycles. The fourth-order valence-electron chi connectivity index (χ4n) is 4.97. The molecule has 11 heteroatoms. The van der Waals surface area contributed by atoms with Crippen molar-refractivity contribution in [2.45, 2.75) is 25.4 Å². The fraction of sp³-hybridized carbons (Fsp3) is 0.304. The summed E-state index contributed by atoms with van der Waals surface area (Å²) < 4.78 is 10.8. The van der Waals surface area contributed by atoms with Gasteiger partial charge in [-0.05, 0) is 25.0 Å². The maximum Gasteiger partial charge on any atom is 0.237 e. The van der Waals surface area contributed by atoms with E-state index in [9.17, 15) is 15.2 Å². The van der Waals surface area contributed by atoms with Crippen LogP contribution in [0.2, 0.25) is 0 Å². The van der Waals surface area contributed by atoms with Crippen molar-refractivity contribution in [3.63, 3.8) is 0 Å². The van der Waals surface area contributed by atoms with Gasteiger partial charge in [-0.3, -0.25) is 9.69 Å². The summed E-state index contributed by atoms with van der Waals surface area (Å²) in [4.78, 5) is 25.5. The Kier molecular flexibility index (Phi) is 4.40. The number of pyridine rings is 2. The molecular weight excluding hydrogens is 438 g/mol. The van der Waals surface area contributed by atoms with Gasteiger partial charge in [0.25, 0.3) is 0 Å². The Bertz CT molecular complexity index is 1420. The molecule has 6 rings (SSSR count). The van der Waals surface area contributed by atoms with Crippen molar-refractivity contribution in [3.8, 4) is 17.6 Å². The number of aromatic nitrogens is 2. The monoisotopic (exact) mass is 459 g/mol. The Morgan fingerprint density at radius 3 is 2.65 bits per heavy atom. The highest BCUT2D eigenvalue weighted by Gasteiger charge is 2.36. The molecule has 0 saturated carbocycles. The third-order valence-electron chi connectivity index (χ3n) is 6.47. The topological polar surface area (TPSA) is 164 Å². The molecule has 0 spiro atoms. The van der Waals surface area contributed by atoms with Crippen molar-refractivity contribution < 1.29 is 19.4 Å². The van der Waals surface area contributed by atoms with Gasteiger partial charge in [0, 0.05) is 30.1 Å². The van der Waals surface area contributed by atoms with Gasteiger partial charge >= 0.3 is 0 Å². The number of ether oxygens (including phenoxy) is 2. The summed E-state index contributed by atoms with van der Waals surface area (Å²) in [5, 5.41) is 21.2. The number of nitrogens with zero attached hydrogens (tertiary/aromatic N) is 5. The molecule has 1 atom stereocenters. The molecule has 2 aromatic heterocycles. The molecule has 5 N–H and O–H groups in total. The first kappa shape index (κ1) is 20.3. The first-order valence-electron chi connectivity index (χ1n) is 10.9. The van der Waals surface area contributed by atoms with Crippen LogP contribution in [0.15, 0.2) is 18.2 Å². The Balaban J connectivity index is 1.57. The molecule has 0 bridgehead atoms. The standard InChI is InChI=1S/C23H21N7O4/c24-8-14-18-13-7-17(32)30(11-3-4-15-16(6-11)34-10-33-15)23(13)28-21(26)19(18)20(25)27-22(14)29-5-1-2-12(31)9-29/h3-4,6,12,31H,1-2,5,7,9-10H2,(H2,25,27)(H2,26,28)/t12-/m0/s1. The predicted octanol–water partition coefficient (Wildman–Crippen LogP) is 1.58. The summed E-state index contributed by atoms with van der Waals surface area (Å²) in [6.45, 7) is 1.09. The molecular formula is C23H21N7O4. The minimum absolute atomic E-state index is 0.0216. The number of piperidine rings is 1. The number of benzene rings is 1. The normalized spacial score (nSPS) is 18.9. The summed E-state index contributed by atoms with van der Waals surface area (Å²) in [7, 11) is 0. The van der Waals surface area contributed by atoms with Crippen LogP contribution in [0, 0.1) is 11.3 Å². The molecule has 172 valence electrons. The Hall–Kier alpha value is -4.30. The number of nitrogens with two attached hydrogens (primary N) is 2. The van der Waals surface area contributed by atoms with E-state index in [1.54, 1.807) is 18.2 Å². The van der Waals surface area contributed by atoms with Gasteiger partial charge in [-0.1, -0.05) is 0 Å². The summed E-state index contributed by atoms with van der Waals surface area (Å²) in [5.41, 5.74) is 14.0. The molecule has 1 amide bonds. The van der Waals surface area contributed by atoms with Crippen molar-refractivity contribution >= 4 is 45.6 Å².